The summed E-state index contributed by atoms with van der Waals surface area (Å²) in [6.45, 7) is 20.7. The smallest absolute Gasteiger partial charge is 0.123 e. The van der Waals surface area contributed by atoms with Crippen LogP contribution < -0.4 is 4.90 Å². The molecule has 8 aromatic carbocycles. The van der Waals surface area contributed by atoms with E-state index in [2.05, 4.69) is 110 Å². The van der Waals surface area contributed by atoms with E-state index in [4.69, 9.17) is 10.6 Å². The van der Waals surface area contributed by atoms with Gasteiger partial charge >= 0.3 is 0 Å². The standard InChI is InChI=1S/C16H19NO.C16H18NO.C15H16NO.C14H14NO.3Y/c1-16(2)10-9-12-11-5-4-6-15(18)13(11)7-8-14(12)17(16)3;1-10-9-16(2,3)17-13-8-7-11-12(15(10)13)5-4-6-14(11)18;1-15(2)9-8-11-10-4-3-5-14(17)12(10)6-7-13(11)16-15;1-14(2)8-15-11-7-6-9-10(13(11)14)4-3-5-12(9)16;;;/h4-8,18H,9-10H2,1-3H3;4-8,10,18H,9H2,1-3H3;3-7,17H,8-9H2,1-2H3;3-7,16H,8H2,1-2H3;;;/q;3*-1;;;. The number of nitrogens with zero attached hydrogens (tertiary/aromatic N) is 4. The fourth-order valence-corrected chi connectivity index (χ4v) is 11.2. The molecular formula is C61H67N4O4Y3-3. The van der Waals surface area contributed by atoms with Crippen molar-refractivity contribution in [3.63, 3.8) is 0 Å². The third-order valence-electron chi connectivity index (χ3n) is 15.0. The maximum atomic E-state index is 9.93. The van der Waals surface area contributed by atoms with Crippen molar-refractivity contribution in [2.45, 2.75) is 122 Å². The Labute approximate surface area is 502 Å². The number of phenolic OH excluding ortho intramolecular Hbond substituents is 4. The third-order valence-corrected chi connectivity index (χ3v) is 15.0. The molecule has 0 aromatic heterocycles. The van der Waals surface area contributed by atoms with Crippen LogP contribution >= 0.6 is 0 Å². The van der Waals surface area contributed by atoms with Gasteiger partial charge in [-0.2, -0.15) is 0 Å². The van der Waals surface area contributed by atoms with Crippen molar-refractivity contribution in [2.75, 3.05) is 18.5 Å². The molecule has 0 bridgehead atoms. The molecule has 4 aliphatic heterocycles. The molecule has 367 valence electrons. The van der Waals surface area contributed by atoms with Gasteiger partial charge in [0, 0.05) is 138 Å². The van der Waals surface area contributed by atoms with Crippen LogP contribution in [0.1, 0.15) is 110 Å². The van der Waals surface area contributed by atoms with Gasteiger partial charge in [0.25, 0.3) is 0 Å². The number of rotatable bonds is 0. The average molecular weight is 1190 g/mol. The molecule has 0 fully saturated rings. The van der Waals surface area contributed by atoms with E-state index in [1.807, 2.05) is 66.7 Å². The minimum absolute atomic E-state index is 0. The van der Waals surface area contributed by atoms with Crippen LogP contribution in [-0.4, -0.2) is 50.6 Å². The van der Waals surface area contributed by atoms with Crippen LogP contribution in [0.5, 0.6) is 23.0 Å². The summed E-state index contributed by atoms with van der Waals surface area (Å²) >= 11 is 0. The normalized spacial score (nSPS) is 17.8. The van der Waals surface area contributed by atoms with Crippen molar-refractivity contribution in [1.29, 1.82) is 0 Å². The van der Waals surface area contributed by atoms with Gasteiger partial charge in [0.1, 0.15) is 23.0 Å². The van der Waals surface area contributed by atoms with Gasteiger partial charge in [-0.15, -0.1) is 34.7 Å². The number of aromatic hydroxyl groups is 4. The first kappa shape index (κ1) is 57.8. The SMILES string of the molecule is CC1(C)CCc2c(ccc3c(O)cccc23)[N-]1.CC1(C)C[N-]c2ccc3c(O)cccc3c21.CC1CC(C)(C)[N-]c2ccc3c(O)cccc3c21.CN1c2ccc3c(O)cccc3c2CCC1(C)C.[Y].[Y].[Y]. The van der Waals surface area contributed by atoms with Crippen LogP contribution in [0.25, 0.3) is 59.0 Å². The number of benzene rings is 8. The summed E-state index contributed by atoms with van der Waals surface area (Å²) in [6.07, 6.45) is 5.37. The van der Waals surface area contributed by atoms with Gasteiger partial charge in [-0.25, -0.2) is 0 Å². The molecule has 0 amide bonds. The molecule has 1 atom stereocenters. The van der Waals surface area contributed by atoms with Crippen LogP contribution in [-0.2, 0) is 116 Å². The summed E-state index contributed by atoms with van der Waals surface area (Å²) < 4.78 is 0. The van der Waals surface area contributed by atoms with E-state index in [9.17, 15) is 20.4 Å². The Balaban J connectivity index is 0.000000155. The second kappa shape index (κ2) is 22.4. The molecule has 4 aliphatic rings. The molecule has 0 aliphatic carbocycles. The summed E-state index contributed by atoms with van der Waals surface area (Å²) in [5.41, 5.74) is 10.0. The summed E-state index contributed by atoms with van der Waals surface area (Å²) in [6, 6.07) is 39.0. The second-order valence-corrected chi connectivity index (χ2v) is 22.1. The van der Waals surface area contributed by atoms with E-state index in [-0.39, 0.29) is 120 Å². The molecule has 0 saturated heterocycles. The summed E-state index contributed by atoms with van der Waals surface area (Å²) in [5.74, 6) is 1.91. The predicted octanol–water partition coefficient (Wildman–Crippen LogP) is 16.7. The third kappa shape index (κ3) is 11.5. The first-order chi connectivity index (χ1) is 32.6. The van der Waals surface area contributed by atoms with Crippen LogP contribution in [0.4, 0.5) is 22.7 Å². The van der Waals surface area contributed by atoms with Crippen molar-refractivity contribution in [1.82, 2.24) is 0 Å². The largest absolute Gasteiger partial charge is 0.683 e. The first-order valence-electron chi connectivity index (χ1n) is 24.5. The van der Waals surface area contributed by atoms with Gasteiger partial charge in [-0.3, -0.25) is 0 Å². The maximum Gasteiger partial charge on any atom is 0.123 e. The number of hydrogen-bond acceptors (Lipinski definition) is 5. The molecule has 8 aromatic rings. The average Bonchev–Trinajstić information content (AvgIpc) is 3.61. The fraction of sp³-hybridized carbons (Fsp3) is 0.344. The first-order valence-corrected chi connectivity index (χ1v) is 24.5. The van der Waals surface area contributed by atoms with Gasteiger partial charge in [0.15, 0.2) is 0 Å². The fourth-order valence-electron chi connectivity index (χ4n) is 11.2. The quantitative estimate of drug-likeness (QED) is 0.120. The topological polar surface area (TPSA) is 126 Å². The number of hydrogen-bond donors (Lipinski definition) is 4. The Bertz CT molecular complexity index is 3280. The number of anilines is 1. The summed E-state index contributed by atoms with van der Waals surface area (Å²) in [4.78, 5) is 2.36. The van der Waals surface area contributed by atoms with Crippen LogP contribution in [0, 0.1) is 0 Å². The minimum atomic E-state index is 0. The zero-order chi connectivity index (χ0) is 49.2. The monoisotopic (exact) mass is 1190 g/mol. The molecule has 1 unspecified atom stereocenters. The summed E-state index contributed by atoms with van der Waals surface area (Å²) in [7, 11) is 2.16. The van der Waals surface area contributed by atoms with E-state index in [0.717, 1.165) is 93.4 Å². The molecule has 0 saturated carbocycles. The molecule has 12 rings (SSSR count). The zero-order valence-electron chi connectivity index (χ0n) is 43.7. The Kier molecular flexibility index (Phi) is 18.0. The Morgan fingerprint density at radius 3 is 1.50 bits per heavy atom. The van der Waals surface area contributed by atoms with Crippen molar-refractivity contribution in [3.05, 3.63) is 160 Å². The van der Waals surface area contributed by atoms with E-state index < -0.39 is 0 Å². The summed E-state index contributed by atoms with van der Waals surface area (Å²) in [5, 5.41) is 62.0. The van der Waals surface area contributed by atoms with E-state index in [1.54, 1.807) is 24.3 Å². The molecule has 8 nitrogen and oxygen atoms in total. The van der Waals surface area contributed by atoms with Crippen molar-refractivity contribution < 1.29 is 119 Å². The molecule has 4 heterocycles. The van der Waals surface area contributed by atoms with Gasteiger partial charge in [0.05, 0.1) is 0 Å². The van der Waals surface area contributed by atoms with Gasteiger partial charge in [-0.1, -0.05) is 163 Å². The van der Waals surface area contributed by atoms with E-state index >= 15 is 0 Å². The van der Waals surface area contributed by atoms with Crippen molar-refractivity contribution in [2.24, 2.45) is 0 Å². The maximum absolute atomic E-state index is 9.93. The molecular weight excluding hydrogens is 1120 g/mol. The Hall–Kier alpha value is -3.49. The van der Waals surface area contributed by atoms with E-state index in [0.29, 0.717) is 28.9 Å². The van der Waals surface area contributed by atoms with Crippen molar-refractivity contribution in [3.8, 4) is 23.0 Å². The molecule has 0 spiro atoms. The van der Waals surface area contributed by atoms with Gasteiger partial charge < -0.3 is 41.3 Å². The van der Waals surface area contributed by atoms with Gasteiger partial charge in [0.2, 0.25) is 0 Å². The molecule has 72 heavy (non-hydrogen) atoms. The molecule has 11 heteroatoms. The van der Waals surface area contributed by atoms with Crippen LogP contribution in [0.3, 0.4) is 0 Å². The number of fused-ring (bicyclic) bond motifs is 12. The second-order valence-electron chi connectivity index (χ2n) is 22.1. The van der Waals surface area contributed by atoms with Crippen molar-refractivity contribution >= 4 is 65.8 Å². The van der Waals surface area contributed by atoms with Crippen LogP contribution in [0.15, 0.2) is 121 Å². The van der Waals surface area contributed by atoms with E-state index in [1.165, 1.54) is 33.3 Å². The number of phenols is 4. The Morgan fingerprint density at radius 2 is 0.917 bits per heavy atom. The molecule has 3 radical (unpaired) electrons. The number of aryl methyl sites for hydroxylation is 2. The van der Waals surface area contributed by atoms with Gasteiger partial charge in [-0.05, 0) is 108 Å². The van der Waals surface area contributed by atoms with Crippen LogP contribution in [0.2, 0.25) is 0 Å². The predicted molar refractivity (Wildman–Crippen MR) is 290 cm³/mol. The zero-order valence-corrected chi connectivity index (χ0v) is 52.2. The molecule has 4 N–H and O–H groups in total. The minimum Gasteiger partial charge on any atom is -0.683 e. The Morgan fingerprint density at radius 1 is 0.472 bits per heavy atom.